The second-order valence-electron chi connectivity index (χ2n) is 3.71. The van der Waals surface area contributed by atoms with Crippen LogP contribution in [-0.2, 0) is 0 Å². The molecule has 0 radical (unpaired) electrons. The van der Waals surface area contributed by atoms with Gasteiger partial charge < -0.3 is 10.1 Å². The first kappa shape index (κ1) is 11.3. The largest absolute Gasteiger partial charge is 0.435 e. The van der Waals surface area contributed by atoms with Crippen LogP contribution in [0.1, 0.15) is 24.4 Å². The van der Waals surface area contributed by atoms with E-state index in [1.165, 1.54) is 12.1 Å². The molecule has 1 aliphatic rings. The van der Waals surface area contributed by atoms with Gasteiger partial charge in [-0.2, -0.15) is 8.78 Å². The molecule has 2 nitrogen and oxygen atoms in total. The van der Waals surface area contributed by atoms with E-state index in [1.807, 2.05) is 0 Å². The second kappa shape index (κ2) is 4.74. The zero-order valence-corrected chi connectivity index (χ0v) is 8.55. The zero-order chi connectivity index (χ0) is 11.5. The summed E-state index contributed by atoms with van der Waals surface area (Å²) in [5, 5.41) is 3.11. The lowest BCUT2D eigenvalue weighted by Gasteiger charge is -2.13. The lowest BCUT2D eigenvalue weighted by Crippen LogP contribution is -2.14. The maximum absolute atomic E-state index is 13.5. The summed E-state index contributed by atoms with van der Waals surface area (Å²) in [7, 11) is 0. The van der Waals surface area contributed by atoms with Gasteiger partial charge in [-0.15, -0.1) is 0 Å². The van der Waals surface area contributed by atoms with Crippen molar-refractivity contribution in [3.8, 4) is 5.75 Å². The molecule has 0 amide bonds. The van der Waals surface area contributed by atoms with E-state index in [-0.39, 0.29) is 17.6 Å². The molecule has 1 saturated heterocycles. The molecule has 0 spiro atoms. The lowest BCUT2D eigenvalue weighted by molar-refractivity contribution is -0.0499. The molecule has 1 heterocycles. The molecule has 88 valence electrons. The number of alkyl halides is 2. The summed E-state index contributed by atoms with van der Waals surface area (Å²) in [6.45, 7) is -2.06. The molecule has 1 aromatic carbocycles. The minimum atomic E-state index is -2.88. The van der Waals surface area contributed by atoms with Crippen LogP contribution in [-0.4, -0.2) is 13.2 Å². The number of hydrogen-bond acceptors (Lipinski definition) is 2. The van der Waals surface area contributed by atoms with Crippen LogP contribution in [0.15, 0.2) is 18.2 Å². The number of nitrogens with one attached hydrogen (secondary N) is 1. The number of rotatable bonds is 3. The third-order valence-corrected chi connectivity index (χ3v) is 2.63. The molecule has 0 unspecified atom stereocenters. The van der Waals surface area contributed by atoms with Gasteiger partial charge in [0.15, 0.2) is 0 Å². The van der Waals surface area contributed by atoms with Gasteiger partial charge in [0.25, 0.3) is 0 Å². The van der Waals surface area contributed by atoms with Crippen molar-refractivity contribution in [2.75, 3.05) is 6.54 Å². The number of hydrogen-bond donors (Lipinski definition) is 1. The summed E-state index contributed by atoms with van der Waals surface area (Å²) in [5.74, 6) is -0.388. The van der Waals surface area contributed by atoms with Crippen molar-refractivity contribution >= 4 is 0 Å². The van der Waals surface area contributed by atoms with E-state index in [4.69, 9.17) is 0 Å². The minimum absolute atomic E-state index is 0.0000926. The molecule has 1 aliphatic heterocycles. The molecule has 0 aromatic heterocycles. The molecule has 1 fully saturated rings. The maximum atomic E-state index is 13.5. The smallest absolute Gasteiger partial charge is 0.387 e. The molecule has 0 aliphatic carbocycles. The highest BCUT2D eigenvalue weighted by Crippen LogP contribution is 2.28. The van der Waals surface area contributed by atoms with Crippen LogP contribution in [0.25, 0.3) is 0 Å². The van der Waals surface area contributed by atoms with Crippen LogP contribution in [0.5, 0.6) is 5.75 Å². The number of halogens is 3. The fourth-order valence-corrected chi connectivity index (χ4v) is 1.92. The Morgan fingerprint density at radius 1 is 1.38 bits per heavy atom. The monoisotopic (exact) mass is 231 g/mol. The van der Waals surface area contributed by atoms with Crippen LogP contribution in [0.3, 0.4) is 0 Å². The van der Waals surface area contributed by atoms with Crippen LogP contribution in [0, 0.1) is 5.82 Å². The Morgan fingerprint density at radius 3 is 2.81 bits per heavy atom. The van der Waals surface area contributed by atoms with Gasteiger partial charge in [0.2, 0.25) is 0 Å². The lowest BCUT2D eigenvalue weighted by atomic mass is 10.0. The van der Waals surface area contributed by atoms with Crippen molar-refractivity contribution in [3.05, 3.63) is 29.6 Å². The Hall–Kier alpha value is -1.23. The van der Waals surface area contributed by atoms with Crippen molar-refractivity contribution < 1.29 is 17.9 Å². The van der Waals surface area contributed by atoms with Gasteiger partial charge in [-0.25, -0.2) is 4.39 Å². The Kier molecular flexibility index (Phi) is 3.33. The molecule has 0 saturated carbocycles. The number of benzene rings is 1. The first-order valence-electron chi connectivity index (χ1n) is 5.14. The highest BCUT2D eigenvalue weighted by molar-refractivity contribution is 5.32. The molecule has 1 N–H and O–H groups in total. The first-order chi connectivity index (χ1) is 7.66. The van der Waals surface area contributed by atoms with Gasteiger partial charge in [-0.05, 0) is 37.6 Å². The van der Waals surface area contributed by atoms with Crippen molar-refractivity contribution in [2.24, 2.45) is 0 Å². The summed E-state index contributed by atoms with van der Waals surface area (Å²) in [5.41, 5.74) is 0.399. The van der Waals surface area contributed by atoms with E-state index >= 15 is 0 Å². The predicted molar refractivity (Wildman–Crippen MR) is 53.0 cm³/mol. The third-order valence-electron chi connectivity index (χ3n) is 2.63. The standard InChI is InChI=1S/C11H12F3NO/c12-9-4-3-7(16-11(13)14)6-8(9)10-2-1-5-15-10/h3-4,6,10-11,15H,1-2,5H2/t10-/m1/s1. The fraction of sp³-hybridized carbons (Fsp3) is 0.455. The zero-order valence-electron chi connectivity index (χ0n) is 8.55. The van der Waals surface area contributed by atoms with Gasteiger partial charge in [0, 0.05) is 11.6 Å². The second-order valence-corrected chi connectivity index (χ2v) is 3.71. The molecule has 5 heteroatoms. The van der Waals surface area contributed by atoms with Gasteiger partial charge in [0.1, 0.15) is 11.6 Å². The fourth-order valence-electron chi connectivity index (χ4n) is 1.92. The van der Waals surface area contributed by atoms with E-state index in [0.29, 0.717) is 5.56 Å². The average Bonchev–Trinajstić information content (AvgIpc) is 2.73. The van der Waals surface area contributed by atoms with Crippen molar-refractivity contribution in [1.29, 1.82) is 0 Å². The third kappa shape index (κ3) is 2.47. The number of ether oxygens (including phenoxy) is 1. The van der Waals surface area contributed by atoms with Crippen LogP contribution in [0.4, 0.5) is 13.2 Å². The predicted octanol–water partition coefficient (Wildman–Crippen LogP) is 2.85. The van der Waals surface area contributed by atoms with Gasteiger partial charge >= 0.3 is 6.61 Å². The Labute approximate surface area is 91.4 Å². The Bertz CT molecular complexity index is 364. The van der Waals surface area contributed by atoms with Crippen molar-refractivity contribution in [2.45, 2.75) is 25.5 Å². The Balaban J connectivity index is 2.21. The minimum Gasteiger partial charge on any atom is -0.435 e. The quantitative estimate of drug-likeness (QED) is 0.863. The molecular formula is C11H12F3NO. The summed E-state index contributed by atoms with van der Waals surface area (Å²) < 4.78 is 41.7. The Morgan fingerprint density at radius 2 is 2.19 bits per heavy atom. The molecule has 0 bridgehead atoms. The molecule has 1 aromatic rings. The van der Waals surface area contributed by atoms with Crippen LogP contribution in [0.2, 0.25) is 0 Å². The SMILES string of the molecule is Fc1ccc(OC(F)F)cc1[C@H]1CCCN1. The summed E-state index contributed by atoms with van der Waals surface area (Å²) in [6.07, 6.45) is 1.78. The topological polar surface area (TPSA) is 21.3 Å². The first-order valence-corrected chi connectivity index (χ1v) is 5.14. The van der Waals surface area contributed by atoms with Gasteiger partial charge in [0.05, 0.1) is 0 Å². The highest BCUT2D eigenvalue weighted by Gasteiger charge is 2.20. The van der Waals surface area contributed by atoms with Gasteiger partial charge in [-0.1, -0.05) is 0 Å². The van der Waals surface area contributed by atoms with Crippen molar-refractivity contribution in [3.63, 3.8) is 0 Å². The summed E-state index contributed by atoms with van der Waals surface area (Å²) in [4.78, 5) is 0. The summed E-state index contributed by atoms with van der Waals surface area (Å²) in [6, 6.07) is 3.61. The van der Waals surface area contributed by atoms with Crippen LogP contribution < -0.4 is 10.1 Å². The van der Waals surface area contributed by atoms with E-state index in [1.54, 1.807) is 0 Å². The molecule has 1 atom stereocenters. The molecule has 2 rings (SSSR count). The van der Waals surface area contributed by atoms with Crippen LogP contribution >= 0.6 is 0 Å². The van der Waals surface area contributed by atoms with E-state index in [0.717, 1.165) is 25.5 Å². The highest BCUT2D eigenvalue weighted by atomic mass is 19.3. The maximum Gasteiger partial charge on any atom is 0.387 e. The molecular weight excluding hydrogens is 219 g/mol. The molecule has 16 heavy (non-hydrogen) atoms. The van der Waals surface area contributed by atoms with Crippen molar-refractivity contribution in [1.82, 2.24) is 5.32 Å². The van der Waals surface area contributed by atoms with E-state index in [2.05, 4.69) is 10.1 Å². The van der Waals surface area contributed by atoms with E-state index in [9.17, 15) is 13.2 Å². The summed E-state index contributed by atoms with van der Waals surface area (Å²) >= 11 is 0. The normalized spacial score (nSPS) is 20.4. The average molecular weight is 231 g/mol. The van der Waals surface area contributed by atoms with Gasteiger partial charge in [-0.3, -0.25) is 0 Å². The van der Waals surface area contributed by atoms with E-state index < -0.39 is 6.61 Å².